The van der Waals surface area contributed by atoms with Crippen LogP contribution in [-0.4, -0.2) is 20.8 Å². The van der Waals surface area contributed by atoms with Crippen molar-refractivity contribution in [2.24, 2.45) is 13.0 Å². The van der Waals surface area contributed by atoms with Crippen LogP contribution in [-0.2, 0) is 7.05 Å². The number of nitrogens with zero attached hydrogens (tertiary/aromatic N) is 3. The van der Waals surface area contributed by atoms with Gasteiger partial charge in [-0.2, -0.15) is 0 Å². The molecule has 0 amide bonds. The molecule has 1 N–H and O–H groups in total. The van der Waals surface area contributed by atoms with E-state index in [1.54, 1.807) is 6.33 Å². The highest BCUT2D eigenvalue weighted by Crippen LogP contribution is 2.28. The van der Waals surface area contributed by atoms with Gasteiger partial charge in [0.05, 0.1) is 6.04 Å². The summed E-state index contributed by atoms with van der Waals surface area (Å²) in [6.07, 6.45) is 4.39. The molecule has 1 aromatic heterocycles. The predicted octanol–water partition coefficient (Wildman–Crippen LogP) is 1.26. The summed E-state index contributed by atoms with van der Waals surface area (Å²) in [6, 6.07) is 0.969. The van der Waals surface area contributed by atoms with Crippen LogP contribution in [0.5, 0.6) is 0 Å². The molecular weight excluding hydrogens is 176 g/mol. The molecule has 1 aliphatic rings. The molecule has 4 nitrogen and oxygen atoms in total. The van der Waals surface area contributed by atoms with Gasteiger partial charge in [-0.25, -0.2) is 0 Å². The monoisotopic (exact) mass is 194 g/mol. The Kier molecular flexibility index (Phi) is 2.54. The Balaban J connectivity index is 1.95. The van der Waals surface area contributed by atoms with E-state index in [2.05, 4.69) is 29.4 Å². The second-order valence-electron chi connectivity index (χ2n) is 4.35. The van der Waals surface area contributed by atoms with Gasteiger partial charge in [0.15, 0.2) is 0 Å². The molecule has 0 aromatic carbocycles. The minimum atomic E-state index is 0.301. The normalized spacial score (nSPS) is 28.5. The van der Waals surface area contributed by atoms with Gasteiger partial charge in [-0.05, 0) is 25.7 Å². The third-order valence-electron chi connectivity index (χ3n) is 3.22. The molecule has 1 aromatic rings. The number of rotatable bonds is 3. The van der Waals surface area contributed by atoms with Crippen LogP contribution < -0.4 is 5.32 Å². The third kappa shape index (κ3) is 1.66. The first-order chi connectivity index (χ1) is 6.68. The topological polar surface area (TPSA) is 42.7 Å². The second-order valence-corrected chi connectivity index (χ2v) is 4.35. The molecule has 2 rings (SSSR count). The molecule has 0 aliphatic heterocycles. The average Bonchev–Trinajstić information content (AvgIpc) is 2.58. The Morgan fingerprint density at radius 2 is 2.36 bits per heavy atom. The molecule has 78 valence electrons. The Bertz CT molecular complexity index is 307. The number of nitrogens with one attached hydrogen (secondary N) is 1. The molecule has 0 saturated heterocycles. The standard InChI is InChI=1S/C10H18N4/c1-7-4-5-9(7)12-8(2)10-13-11-6-14(10)3/h6-9,12H,4-5H2,1-3H3. The van der Waals surface area contributed by atoms with Gasteiger partial charge in [0.25, 0.3) is 0 Å². The van der Waals surface area contributed by atoms with Crippen LogP contribution in [0.15, 0.2) is 6.33 Å². The van der Waals surface area contributed by atoms with Crippen molar-refractivity contribution in [2.75, 3.05) is 0 Å². The van der Waals surface area contributed by atoms with Gasteiger partial charge in [0.1, 0.15) is 12.2 Å². The first kappa shape index (κ1) is 9.65. The molecule has 0 radical (unpaired) electrons. The zero-order chi connectivity index (χ0) is 10.1. The molecule has 1 aliphatic carbocycles. The molecule has 1 fully saturated rings. The lowest BCUT2D eigenvalue weighted by atomic mass is 9.81. The van der Waals surface area contributed by atoms with Crippen molar-refractivity contribution in [1.29, 1.82) is 0 Å². The van der Waals surface area contributed by atoms with Gasteiger partial charge in [-0.15, -0.1) is 10.2 Å². The van der Waals surface area contributed by atoms with Gasteiger partial charge < -0.3 is 9.88 Å². The molecular formula is C10H18N4. The van der Waals surface area contributed by atoms with E-state index in [-0.39, 0.29) is 0 Å². The molecule has 4 heteroatoms. The van der Waals surface area contributed by atoms with Crippen molar-refractivity contribution in [3.63, 3.8) is 0 Å². The van der Waals surface area contributed by atoms with E-state index >= 15 is 0 Å². The summed E-state index contributed by atoms with van der Waals surface area (Å²) in [7, 11) is 1.98. The Morgan fingerprint density at radius 1 is 1.57 bits per heavy atom. The quantitative estimate of drug-likeness (QED) is 0.787. The van der Waals surface area contributed by atoms with Crippen LogP contribution in [0, 0.1) is 5.92 Å². The summed E-state index contributed by atoms with van der Waals surface area (Å²) in [6.45, 7) is 4.44. The Labute approximate surface area is 84.7 Å². The van der Waals surface area contributed by atoms with Gasteiger partial charge in [-0.1, -0.05) is 6.92 Å². The lowest BCUT2D eigenvalue weighted by molar-refractivity contribution is 0.210. The summed E-state index contributed by atoms with van der Waals surface area (Å²) in [4.78, 5) is 0. The highest BCUT2D eigenvalue weighted by Gasteiger charge is 2.28. The lowest BCUT2D eigenvalue weighted by Crippen LogP contribution is -2.44. The van der Waals surface area contributed by atoms with Crippen molar-refractivity contribution in [1.82, 2.24) is 20.1 Å². The SMILES string of the molecule is CC(NC1CCC1C)c1nncn1C. The smallest absolute Gasteiger partial charge is 0.149 e. The maximum absolute atomic E-state index is 4.10. The van der Waals surface area contributed by atoms with E-state index in [4.69, 9.17) is 0 Å². The highest BCUT2D eigenvalue weighted by atomic mass is 15.3. The fourth-order valence-electron chi connectivity index (χ4n) is 1.99. The summed E-state index contributed by atoms with van der Waals surface area (Å²) in [5, 5.41) is 11.6. The molecule has 0 bridgehead atoms. The average molecular weight is 194 g/mol. The van der Waals surface area contributed by atoms with E-state index < -0.39 is 0 Å². The molecule has 3 atom stereocenters. The van der Waals surface area contributed by atoms with Crippen LogP contribution in [0.3, 0.4) is 0 Å². The summed E-state index contributed by atoms with van der Waals surface area (Å²) in [5.41, 5.74) is 0. The van der Waals surface area contributed by atoms with Crippen LogP contribution in [0.25, 0.3) is 0 Å². The van der Waals surface area contributed by atoms with Crippen molar-refractivity contribution in [3.8, 4) is 0 Å². The molecule has 14 heavy (non-hydrogen) atoms. The molecule has 1 saturated carbocycles. The molecule has 3 unspecified atom stereocenters. The van der Waals surface area contributed by atoms with Gasteiger partial charge in [-0.3, -0.25) is 0 Å². The maximum Gasteiger partial charge on any atom is 0.149 e. The number of aryl methyl sites for hydroxylation is 1. The van der Waals surface area contributed by atoms with Crippen LogP contribution in [0.2, 0.25) is 0 Å². The van der Waals surface area contributed by atoms with Crippen molar-refractivity contribution < 1.29 is 0 Å². The fourth-order valence-corrected chi connectivity index (χ4v) is 1.99. The first-order valence-electron chi connectivity index (χ1n) is 5.28. The van der Waals surface area contributed by atoms with Gasteiger partial charge >= 0.3 is 0 Å². The van der Waals surface area contributed by atoms with E-state index in [0.717, 1.165) is 11.7 Å². The maximum atomic E-state index is 4.10. The van der Waals surface area contributed by atoms with Crippen LogP contribution >= 0.6 is 0 Å². The summed E-state index contributed by atoms with van der Waals surface area (Å²) < 4.78 is 1.97. The van der Waals surface area contributed by atoms with E-state index in [0.29, 0.717) is 12.1 Å². The number of aromatic nitrogens is 3. The van der Waals surface area contributed by atoms with Crippen molar-refractivity contribution >= 4 is 0 Å². The summed E-state index contributed by atoms with van der Waals surface area (Å²) in [5.74, 6) is 1.83. The Hall–Kier alpha value is -0.900. The lowest BCUT2D eigenvalue weighted by Gasteiger charge is -2.36. The van der Waals surface area contributed by atoms with Gasteiger partial charge in [0.2, 0.25) is 0 Å². The minimum absolute atomic E-state index is 0.301. The van der Waals surface area contributed by atoms with E-state index in [9.17, 15) is 0 Å². The predicted molar refractivity (Wildman–Crippen MR) is 54.7 cm³/mol. The van der Waals surface area contributed by atoms with E-state index in [1.807, 2.05) is 11.6 Å². The zero-order valence-corrected chi connectivity index (χ0v) is 9.07. The molecule has 0 spiro atoms. The van der Waals surface area contributed by atoms with E-state index in [1.165, 1.54) is 12.8 Å². The molecule has 1 heterocycles. The third-order valence-corrected chi connectivity index (χ3v) is 3.22. The largest absolute Gasteiger partial charge is 0.319 e. The van der Waals surface area contributed by atoms with Crippen molar-refractivity contribution in [2.45, 2.75) is 38.8 Å². The number of hydrogen-bond acceptors (Lipinski definition) is 3. The fraction of sp³-hybridized carbons (Fsp3) is 0.800. The Morgan fingerprint density at radius 3 is 2.79 bits per heavy atom. The van der Waals surface area contributed by atoms with Crippen LogP contribution in [0.4, 0.5) is 0 Å². The summed E-state index contributed by atoms with van der Waals surface area (Å²) >= 11 is 0. The second kappa shape index (κ2) is 3.69. The minimum Gasteiger partial charge on any atom is -0.319 e. The zero-order valence-electron chi connectivity index (χ0n) is 9.07. The van der Waals surface area contributed by atoms with Gasteiger partial charge in [0, 0.05) is 13.1 Å². The first-order valence-corrected chi connectivity index (χ1v) is 5.28. The number of hydrogen-bond donors (Lipinski definition) is 1. The van der Waals surface area contributed by atoms with Crippen molar-refractivity contribution in [3.05, 3.63) is 12.2 Å². The highest BCUT2D eigenvalue weighted by molar-refractivity contribution is 4.95. The van der Waals surface area contributed by atoms with Crippen LogP contribution in [0.1, 0.15) is 38.6 Å².